The van der Waals surface area contributed by atoms with Crippen molar-refractivity contribution in [3.05, 3.63) is 81.5 Å². The number of benzene rings is 1. The summed E-state index contributed by atoms with van der Waals surface area (Å²) in [6.07, 6.45) is 3.54. The number of nitrogens with zero attached hydrogens (tertiary/aromatic N) is 4. The number of fused-ring (bicyclic) bond motifs is 1. The summed E-state index contributed by atoms with van der Waals surface area (Å²) in [5, 5.41) is 2.98. The van der Waals surface area contributed by atoms with Gasteiger partial charge in [0.15, 0.2) is 5.75 Å². The molecule has 8 nitrogen and oxygen atoms in total. The van der Waals surface area contributed by atoms with Gasteiger partial charge in [-0.2, -0.15) is 0 Å². The Hall–Kier alpha value is -3.79. The molecule has 0 unspecified atom stereocenters. The highest BCUT2D eigenvalue weighted by molar-refractivity contribution is 7.16. The Labute approximate surface area is 198 Å². The van der Waals surface area contributed by atoms with Crippen molar-refractivity contribution in [1.82, 2.24) is 19.9 Å². The highest BCUT2D eigenvalue weighted by Crippen LogP contribution is 2.36. The molecular weight excluding hydrogens is 457 g/mol. The Morgan fingerprint density at radius 2 is 2.12 bits per heavy atom. The van der Waals surface area contributed by atoms with E-state index in [1.807, 2.05) is 18.2 Å². The summed E-state index contributed by atoms with van der Waals surface area (Å²) in [6.45, 7) is 0.453. The molecule has 4 aromatic rings. The van der Waals surface area contributed by atoms with Crippen LogP contribution in [0.1, 0.15) is 28.4 Å². The van der Waals surface area contributed by atoms with Crippen molar-refractivity contribution >= 4 is 33.4 Å². The van der Waals surface area contributed by atoms with E-state index < -0.39 is 11.3 Å². The second-order valence-corrected chi connectivity index (χ2v) is 9.04. The number of hydrogen-bond acceptors (Lipinski definition) is 7. The third-order valence-corrected chi connectivity index (χ3v) is 6.67. The smallest absolute Gasteiger partial charge is 0.257 e. The summed E-state index contributed by atoms with van der Waals surface area (Å²) in [5.41, 5.74) is 2.89. The quantitative estimate of drug-likeness (QED) is 0.473. The van der Waals surface area contributed by atoms with Crippen LogP contribution in [0.15, 0.2) is 59.1 Å². The van der Waals surface area contributed by atoms with E-state index in [9.17, 15) is 14.0 Å². The molecular formula is C24H22FN5O3S. The molecule has 4 heterocycles. The summed E-state index contributed by atoms with van der Waals surface area (Å²) >= 11 is 1.45. The summed E-state index contributed by atoms with van der Waals surface area (Å²) in [4.78, 5) is 37.5. The minimum absolute atomic E-state index is 0.00631. The van der Waals surface area contributed by atoms with Crippen molar-refractivity contribution in [1.29, 1.82) is 0 Å². The molecule has 0 saturated carbocycles. The Balaban J connectivity index is 1.46. The molecule has 5 rings (SSSR count). The zero-order valence-electron chi connectivity index (χ0n) is 18.6. The average molecular weight is 480 g/mol. The zero-order chi connectivity index (χ0) is 23.8. The topological polar surface area (TPSA) is 89.3 Å². The van der Waals surface area contributed by atoms with Gasteiger partial charge in [-0.25, -0.2) is 14.4 Å². The first kappa shape index (κ1) is 22.0. The Kier molecular flexibility index (Phi) is 5.74. The second-order valence-electron chi connectivity index (χ2n) is 8.21. The maximum absolute atomic E-state index is 14.0. The number of anilines is 1. The Bertz CT molecular complexity index is 1440. The number of rotatable bonds is 5. The summed E-state index contributed by atoms with van der Waals surface area (Å²) < 4.78 is 20.8. The van der Waals surface area contributed by atoms with Gasteiger partial charge in [-0.15, -0.1) is 11.3 Å². The van der Waals surface area contributed by atoms with E-state index in [1.165, 1.54) is 43.0 Å². The highest BCUT2D eigenvalue weighted by Gasteiger charge is 2.35. The fourth-order valence-electron chi connectivity index (χ4n) is 4.37. The summed E-state index contributed by atoms with van der Waals surface area (Å²) in [7, 11) is 3.11. The van der Waals surface area contributed by atoms with Crippen LogP contribution in [0.25, 0.3) is 10.3 Å². The van der Waals surface area contributed by atoms with Crippen LogP contribution >= 0.6 is 11.3 Å². The first-order valence-corrected chi connectivity index (χ1v) is 11.6. The fourth-order valence-corrected chi connectivity index (χ4v) is 5.02. The molecule has 1 aromatic carbocycles. The van der Waals surface area contributed by atoms with Crippen molar-refractivity contribution in [2.45, 2.75) is 18.5 Å². The maximum Gasteiger partial charge on any atom is 0.257 e. The fraction of sp³-hybridized carbons (Fsp3) is 0.250. The molecule has 1 aliphatic heterocycles. The number of hydrogen-bond donors (Lipinski definition) is 1. The van der Waals surface area contributed by atoms with Crippen LogP contribution in [-0.2, 0) is 7.05 Å². The van der Waals surface area contributed by atoms with Gasteiger partial charge in [-0.05, 0) is 36.2 Å². The van der Waals surface area contributed by atoms with Gasteiger partial charge in [0.05, 0.1) is 18.7 Å². The Morgan fingerprint density at radius 3 is 2.91 bits per heavy atom. The molecule has 3 aromatic heterocycles. The number of amides is 1. The average Bonchev–Trinajstić information content (AvgIpc) is 3.46. The largest absolute Gasteiger partial charge is 0.491 e. The number of thiazole rings is 1. The number of carbonyl (C=O) groups is 1. The lowest BCUT2D eigenvalue weighted by Gasteiger charge is -2.26. The third kappa shape index (κ3) is 4.12. The minimum Gasteiger partial charge on any atom is -0.491 e. The van der Waals surface area contributed by atoms with E-state index in [2.05, 4.69) is 15.2 Å². The predicted molar refractivity (Wildman–Crippen MR) is 128 cm³/mol. The van der Waals surface area contributed by atoms with Crippen LogP contribution in [0, 0.1) is 5.82 Å². The SMILES string of the molecule is COc1cn(C)cc(C(=O)N[C@H]2C[C@H](c3cccc(F)c3)N(c3ccc4ncsc4n3)C2)c1=O. The van der Waals surface area contributed by atoms with Crippen LogP contribution in [0.2, 0.25) is 0 Å². The van der Waals surface area contributed by atoms with Crippen LogP contribution in [0.4, 0.5) is 10.2 Å². The van der Waals surface area contributed by atoms with Gasteiger partial charge in [-0.3, -0.25) is 9.59 Å². The first-order valence-electron chi connectivity index (χ1n) is 10.7. The number of ether oxygens (including phenoxy) is 1. The molecule has 1 N–H and O–H groups in total. The number of aryl methyl sites for hydroxylation is 1. The van der Waals surface area contributed by atoms with Crippen molar-refractivity contribution < 1.29 is 13.9 Å². The number of aromatic nitrogens is 3. The summed E-state index contributed by atoms with van der Waals surface area (Å²) in [6, 6.07) is 9.76. The first-order chi connectivity index (χ1) is 16.4. The molecule has 10 heteroatoms. The van der Waals surface area contributed by atoms with Gasteiger partial charge in [0.1, 0.15) is 27.5 Å². The van der Waals surface area contributed by atoms with E-state index >= 15 is 0 Å². The number of nitrogens with one attached hydrogen (secondary N) is 1. The van der Waals surface area contributed by atoms with E-state index in [4.69, 9.17) is 9.72 Å². The van der Waals surface area contributed by atoms with Crippen molar-refractivity contribution in [3.8, 4) is 5.75 Å². The lowest BCUT2D eigenvalue weighted by atomic mass is 10.0. The van der Waals surface area contributed by atoms with Gasteiger partial charge in [0.25, 0.3) is 5.91 Å². The normalized spacial score (nSPS) is 17.8. The predicted octanol–water partition coefficient (Wildman–Crippen LogP) is 3.29. The lowest BCUT2D eigenvalue weighted by molar-refractivity contribution is 0.0937. The van der Waals surface area contributed by atoms with Gasteiger partial charge < -0.3 is 19.5 Å². The van der Waals surface area contributed by atoms with E-state index in [-0.39, 0.29) is 29.2 Å². The van der Waals surface area contributed by atoms with Gasteiger partial charge >= 0.3 is 0 Å². The molecule has 0 radical (unpaired) electrons. The second kappa shape index (κ2) is 8.86. The van der Waals surface area contributed by atoms with Gasteiger partial charge in [-0.1, -0.05) is 12.1 Å². The Morgan fingerprint density at radius 1 is 1.26 bits per heavy atom. The van der Waals surface area contributed by atoms with Gasteiger partial charge in [0.2, 0.25) is 5.43 Å². The standard InChI is InChI=1S/C24H22FN5O3S/c1-29-11-17(22(31)20(12-29)33-2)23(32)27-16-9-19(14-4-3-5-15(25)8-14)30(10-16)21-7-6-18-24(28-21)34-13-26-18/h3-8,11-13,16,19H,9-10H2,1-2H3,(H,27,32)/t16-,19+/m0/s1. The van der Waals surface area contributed by atoms with Crippen LogP contribution < -0.4 is 20.4 Å². The van der Waals surface area contributed by atoms with Crippen LogP contribution in [0.3, 0.4) is 0 Å². The maximum atomic E-state index is 14.0. The monoisotopic (exact) mass is 479 g/mol. The molecule has 0 aliphatic carbocycles. The molecule has 0 spiro atoms. The number of halogens is 1. The zero-order valence-corrected chi connectivity index (χ0v) is 19.4. The number of pyridine rings is 2. The number of methoxy groups -OCH3 is 1. The van der Waals surface area contributed by atoms with Crippen molar-refractivity contribution in [2.75, 3.05) is 18.6 Å². The van der Waals surface area contributed by atoms with Crippen LogP contribution in [-0.4, -0.2) is 40.1 Å². The molecule has 0 bridgehead atoms. The third-order valence-electron chi connectivity index (χ3n) is 5.93. The van der Waals surface area contributed by atoms with Crippen molar-refractivity contribution in [2.24, 2.45) is 7.05 Å². The van der Waals surface area contributed by atoms with E-state index in [0.717, 1.165) is 21.7 Å². The van der Waals surface area contributed by atoms with Crippen molar-refractivity contribution in [3.63, 3.8) is 0 Å². The molecule has 1 aliphatic rings. The summed E-state index contributed by atoms with van der Waals surface area (Å²) in [5.74, 6) is 0.0221. The lowest BCUT2D eigenvalue weighted by Crippen LogP contribution is -2.39. The van der Waals surface area contributed by atoms with Crippen LogP contribution in [0.5, 0.6) is 5.75 Å². The highest BCUT2D eigenvalue weighted by atomic mass is 32.1. The van der Waals surface area contributed by atoms with E-state index in [0.29, 0.717) is 13.0 Å². The molecule has 174 valence electrons. The molecule has 1 fully saturated rings. The minimum atomic E-state index is -0.477. The molecule has 1 amide bonds. The molecule has 34 heavy (non-hydrogen) atoms. The van der Waals surface area contributed by atoms with E-state index in [1.54, 1.807) is 23.2 Å². The molecule has 1 saturated heterocycles. The number of carbonyl (C=O) groups excluding carboxylic acids is 1. The molecule has 2 atom stereocenters. The van der Waals surface area contributed by atoms with Gasteiger partial charge in [0, 0.05) is 32.0 Å².